The van der Waals surface area contributed by atoms with Crippen LogP contribution >= 0.6 is 0 Å². The lowest BCUT2D eigenvalue weighted by Crippen LogP contribution is -2.38. The minimum absolute atomic E-state index is 0.196. The third-order valence-corrected chi connectivity index (χ3v) is 2.71. The third kappa shape index (κ3) is 3.47. The molecule has 0 spiro atoms. The molecule has 0 unspecified atom stereocenters. The van der Waals surface area contributed by atoms with E-state index in [2.05, 4.69) is 10.2 Å². The van der Waals surface area contributed by atoms with Crippen LogP contribution < -0.4 is 5.32 Å². The van der Waals surface area contributed by atoms with Crippen molar-refractivity contribution in [3.63, 3.8) is 0 Å². The summed E-state index contributed by atoms with van der Waals surface area (Å²) in [6.45, 7) is 5.55. The van der Waals surface area contributed by atoms with Gasteiger partial charge in [0.15, 0.2) is 0 Å². The molecule has 0 aromatic heterocycles. The summed E-state index contributed by atoms with van der Waals surface area (Å²) < 4.78 is 17.9. The summed E-state index contributed by atoms with van der Waals surface area (Å²) in [5.74, 6) is -0.196. The molecule has 16 heavy (non-hydrogen) atoms. The summed E-state index contributed by atoms with van der Waals surface area (Å²) in [5.41, 5.74) is 0.967. The van der Waals surface area contributed by atoms with Crippen LogP contribution in [0.5, 0.6) is 0 Å². The molecule has 0 amide bonds. The van der Waals surface area contributed by atoms with E-state index >= 15 is 0 Å². The van der Waals surface area contributed by atoms with Crippen molar-refractivity contribution in [3.05, 3.63) is 30.1 Å². The number of rotatable bonds is 4. The molecule has 1 N–H and O–H groups in total. The topological polar surface area (TPSA) is 24.5 Å². The van der Waals surface area contributed by atoms with E-state index in [0.717, 1.165) is 45.1 Å². The molecule has 88 valence electrons. The highest BCUT2D eigenvalue weighted by Crippen LogP contribution is 2.07. The summed E-state index contributed by atoms with van der Waals surface area (Å²) >= 11 is 0. The summed E-state index contributed by atoms with van der Waals surface area (Å²) in [6, 6.07) is 6.46. The van der Waals surface area contributed by atoms with Crippen LogP contribution in [0, 0.1) is 5.82 Å². The summed E-state index contributed by atoms with van der Waals surface area (Å²) in [7, 11) is 0. The van der Waals surface area contributed by atoms with E-state index in [1.165, 1.54) is 12.1 Å². The van der Waals surface area contributed by atoms with E-state index in [0.29, 0.717) is 0 Å². The van der Waals surface area contributed by atoms with E-state index in [1.807, 2.05) is 0 Å². The number of benzene rings is 1. The Hall–Kier alpha value is -1.13. The van der Waals surface area contributed by atoms with Gasteiger partial charge in [0.05, 0.1) is 13.2 Å². The van der Waals surface area contributed by atoms with Crippen LogP contribution in [0.3, 0.4) is 0 Å². The first kappa shape index (κ1) is 11.4. The van der Waals surface area contributed by atoms with Gasteiger partial charge in [-0.05, 0) is 24.3 Å². The maximum Gasteiger partial charge on any atom is 0.123 e. The zero-order valence-electron chi connectivity index (χ0n) is 9.29. The number of ether oxygens (including phenoxy) is 1. The largest absolute Gasteiger partial charge is 0.384 e. The van der Waals surface area contributed by atoms with Gasteiger partial charge in [0, 0.05) is 31.9 Å². The first-order chi connectivity index (χ1) is 7.84. The van der Waals surface area contributed by atoms with Crippen LogP contribution in [0.4, 0.5) is 10.1 Å². The molecule has 1 fully saturated rings. The average Bonchev–Trinajstić information content (AvgIpc) is 2.33. The molecule has 1 aromatic rings. The summed E-state index contributed by atoms with van der Waals surface area (Å²) in [5, 5.41) is 3.27. The van der Waals surface area contributed by atoms with Gasteiger partial charge in [-0.15, -0.1) is 0 Å². The zero-order chi connectivity index (χ0) is 11.2. The first-order valence-electron chi connectivity index (χ1n) is 5.64. The first-order valence-corrected chi connectivity index (χ1v) is 5.64. The summed E-state index contributed by atoms with van der Waals surface area (Å²) in [4.78, 5) is 2.36. The Kier molecular flexibility index (Phi) is 4.13. The molecule has 0 bridgehead atoms. The van der Waals surface area contributed by atoms with E-state index in [9.17, 15) is 4.39 Å². The Labute approximate surface area is 95.2 Å². The monoisotopic (exact) mass is 224 g/mol. The van der Waals surface area contributed by atoms with Gasteiger partial charge < -0.3 is 10.1 Å². The van der Waals surface area contributed by atoms with Gasteiger partial charge in [-0.1, -0.05) is 0 Å². The van der Waals surface area contributed by atoms with Gasteiger partial charge in [0.2, 0.25) is 0 Å². The van der Waals surface area contributed by atoms with E-state index in [4.69, 9.17) is 4.74 Å². The fourth-order valence-corrected chi connectivity index (χ4v) is 1.75. The van der Waals surface area contributed by atoms with Gasteiger partial charge in [-0.3, -0.25) is 4.90 Å². The van der Waals surface area contributed by atoms with Gasteiger partial charge >= 0.3 is 0 Å². The molecule has 1 saturated heterocycles. The fourth-order valence-electron chi connectivity index (χ4n) is 1.75. The van der Waals surface area contributed by atoms with Gasteiger partial charge in [-0.2, -0.15) is 0 Å². The number of nitrogens with zero attached hydrogens (tertiary/aromatic N) is 1. The van der Waals surface area contributed by atoms with Crippen molar-refractivity contribution in [3.8, 4) is 0 Å². The molecule has 1 aliphatic heterocycles. The standard InChI is InChI=1S/C12H17FN2O/c13-11-1-3-12(4-2-11)14-5-6-15-7-9-16-10-8-15/h1-4,14H,5-10H2. The highest BCUT2D eigenvalue weighted by molar-refractivity contribution is 5.42. The van der Waals surface area contributed by atoms with Crippen molar-refractivity contribution in [1.82, 2.24) is 4.90 Å². The highest BCUT2D eigenvalue weighted by Gasteiger charge is 2.08. The lowest BCUT2D eigenvalue weighted by atomic mass is 10.3. The molecule has 1 heterocycles. The van der Waals surface area contributed by atoms with Gasteiger partial charge in [0.25, 0.3) is 0 Å². The van der Waals surface area contributed by atoms with Crippen LogP contribution in [0.1, 0.15) is 0 Å². The molecule has 2 rings (SSSR count). The van der Waals surface area contributed by atoms with Crippen LogP contribution in [0.2, 0.25) is 0 Å². The zero-order valence-corrected chi connectivity index (χ0v) is 9.29. The average molecular weight is 224 g/mol. The Morgan fingerprint density at radius 3 is 2.56 bits per heavy atom. The minimum Gasteiger partial charge on any atom is -0.384 e. The maximum absolute atomic E-state index is 12.6. The molecular formula is C12H17FN2O. The molecule has 4 heteroatoms. The second-order valence-electron chi connectivity index (χ2n) is 3.89. The van der Waals surface area contributed by atoms with E-state index in [1.54, 1.807) is 12.1 Å². The Morgan fingerprint density at radius 1 is 1.19 bits per heavy atom. The lowest BCUT2D eigenvalue weighted by Gasteiger charge is -2.26. The number of halogens is 1. The third-order valence-electron chi connectivity index (χ3n) is 2.71. The van der Waals surface area contributed by atoms with Crippen LogP contribution in [-0.2, 0) is 4.74 Å². The number of hydrogen-bond donors (Lipinski definition) is 1. The Balaban J connectivity index is 1.69. The molecule has 0 radical (unpaired) electrons. The smallest absolute Gasteiger partial charge is 0.123 e. The van der Waals surface area contributed by atoms with Crippen LogP contribution in [-0.4, -0.2) is 44.3 Å². The predicted octanol–water partition coefficient (Wildman–Crippen LogP) is 1.57. The number of hydrogen-bond acceptors (Lipinski definition) is 3. The second kappa shape index (κ2) is 5.82. The van der Waals surface area contributed by atoms with Crippen molar-refractivity contribution in [2.24, 2.45) is 0 Å². The number of anilines is 1. The van der Waals surface area contributed by atoms with Crippen molar-refractivity contribution >= 4 is 5.69 Å². The van der Waals surface area contributed by atoms with Crippen molar-refractivity contribution in [1.29, 1.82) is 0 Å². The lowest BCUT2D eigenvalue weighted by molar-refractivity contribution is 0.0398. The molecule has 0 aliphatic carbocycles. The molecule has 0 saturated carbocycles. The number of morpholine rings is 1. The SMILES string of the molecule is Fc1ccc(NCCN2CCOCC2)cc1. The van der Waals surface area contributed by atoms with E-state index in [-0.39, 0.29) is 5.82 Å². The molecule has 1 aromatic carbocycles. The molecule has 0 atom stereocenters. The van der Waals surface area contributed by atoms with Gasteiger partial charge in [-0.25, -0.2) is 4.39 Å². The van der Waals surface area contributed by atoms with Crippen molar-refractivity contribution in [2.75, 3.05) is 44.7 Å². The second-order valence-corrected chi connectivity index (χ2v) is 3.89. The number of nitrogens with one attached hydrogen (secondary N) is 1. The van der Waals surface area contributed by atoms with Crippen molar-refractivity contribution < 1.29 is 9.13 Å². The normalized spacial score (nSPS) is 17.3. The quantitative estimate of drug-likeness (QED) is 0.840. The van der Waals surface area contributed by atoms with Gasteiger partial charge in [0.1, 0.15) is 5.82 Å². The van der Waals surface area contributed by atoms with Crippen LogP contribution in [0.15, 0.2) is 24.3 Å². The maximum atomic E-state index is 12.6. The Bertz CT molecular complexity index is 309. The molecule has 3 nitrogen and oxygen atoms in total. The molecular weight excluding hydrogens is 207 g/mol. The fraction of sp³-hybridized carbons (Fsp3) is 0.500. The highest BCUT2D eigenvalue weighted by atomic mass is 19.1. The van der Waals surface area contributed by atoms with Crippen molar-refractivity contribution in [2.45, 2.75) is 0 Å². The van der Waals surface area contributed by atoms with Crippen LogP contribution in [0.25, 0.3) is 0 Å². The summed E-state index contributed by atoms with van der Waals surface area (Å²) in [6.07, 6.45) is 0. The van der Waals surface area contributed by atoms with E-state index < -0.39 is 0 Å². The Morgan fingerprint density at radius 2 is 1.88 bits per heavy atom. The predicted molar refractivity (Wildman–Crippen MR) is 62.1 cm³/mol. The minimum atomic E-state index is -0.196. The molecule has 1 aliphatic rings.